The minimum Gasteiger partial charge on any atom is -0.255 e. The van der Waals surface area contributed by atoms with Crippen molar-refractivity contribution in [1.82, 2.24) is 4.98 Å². The first kappa shape index (κ1) is 7.89. The highest BCUT2D eigenvalue weighted by molar-refractivity contribution is 7.86. The lowest BCUT2D eigenvalue weighted by Gasteiger charge is -1.82. The monoisotopic (exact) mass is 197 g/mol. The highest BCUT2D eigenvalue weighted by Gasteiger charge is 2.03. The first-order valence-corrected chi connectivity index (χ1v) is 5.83. The summed E-state index contributed by atoms with van der Waals surface area (Å²) in [5, 5.41) is 0. The molecule has 12 heavy (non-hydrogen) atoms. The van der Waals surface area contributed by atoms with Crippen molar-refractivity contribution in [3.05, 3.63) is 24.4 Å². The van der Waals surface area contributed by atoms with Crippen LogP contribution in [0.3, 0.4) is 0 Å². The van der Waals surface area contributed by atoms with E-state index in [0.717, 1.165) is 14.4 Å². The Bertz CT molecular complexity index is 402. The van der Waals surface area contributed by atoms with E-state index in [1.54, 1.807) is 23.8 Å². The van der Waals surface area contributed by atoms with Gasteiger partial charge in [-0.25, -0.2) is 0 Å². The van der Waals surface area contributed by atoms with Gasteiger partial charge < -0.3 is 0 Å². The van der Waals surface area contributed by atoms with E-state index in [-0.39, 0.29) is 0 Å². The lowest BCUT2D eigenvalue weighted by atomic mass is 10.4. The Hall–Kier alpha value is -0.740. The third kappa shape index (κ3) is 1.28. The summed E-state index contributed by atoms with van der Waals surface area (Å²) < 4.78 is 13.1. The topological polar surface area (TPSA) is 30.0 Å². The Balaban J connectivity index is 2.70. The predicted molar refractivity (Wildman–Crippen MR) is 52.0 cm³/mol. The minimum absolute atomic E-state index is 0.883. The van der Waals surface area contributed by atoms with Crippen LogP contribution < -0.4 is 0 Å². The number of aromatic nitrogens is 1. The van der Waals surface area contributed by atoms with Gasteiger partial charge in [0.25, 0.3) is 0 Å². The zero-order valence-electron chi connectivity index (χ0n) is 6.48. The van der Waals surface area contributed by atoms with Gasteiger partial charge in [-0.05, 0) is 18.2 Å². The number of hydrogen-bond donors (Lipinski definition) is 0. The SMILES string of the molecule is CS(=O)c1cc2ncccc2s1. The van der Waals surface area contributed by atoms with E-state index < -0.39 is 10.8 Å². The molecular weight excluding hydrogens is 190 g/mol. The number of pyridine rings is 1. The Morgan fingerprint density at radius 3 is 3.08 bits per heavy atom. The minimum atomic E-state index is -0.883. The molecule has 0 aliphatic heterocycles. The maximum absolute atomic E-state index is 11.1. The van der Waals surface area contributed by atoms with Gasteiger partial charge in [-0.3, -0.25) is 9.19 Å². The third-order valence-corrected chi connectivity index (χ3v) is 4.07. The molecule has 0 aliphatic carbocycles. The summed E-state index contributed by atoms with van der Waals surface area (Å²) in [5.41, 5.74) is 0.938. The van der Waals surface area contributed by atoms with Crippen LogP contribution in [0.1, 0.15) is 0 Å². The number of hydrogen-bond acceptors (Lipinski definition) is 3. The van der Waals surface area contributed by atoms with Crippen molar-refractivity contribution in [1.29, 1.82) is 0 Å². The number of thiophene rings is 1. The van der Waals surface area contributed by atoms with Crippen LogP contribution in [-0.4, -0.2) is 15.4 Å². The lowest BCUT2D eigenvalue weighted by molar-refractivity contribution is 0.688. The van der Waals surface area contributed by atoms with Gasteiger partial charge in [0.1, 0.15) is 0 Å². The van der Waals surface area contributed by atoms with Crippen molar-refractivity contribution in [2.75, 3.05) is 6.26 Å². The quantitative estimate of drug-likeness (QED) is 0.700. The molecule has 2 rings (SSSR count). The lowest BCUT2D eigenvalue weighted by Crippen LogP contribution is -1.78. The Kier molecular flexibility index (Phi) is 1.94. The summed E-state index contributed by atoms with van der Waals surface area (Å²) in [5.74, 6) is 0. The normalized spacial score (nSPS) is 13.4. The van der Waals surface area contributed by atoms with Crippen molar-refractivity contribution < 1.29 is 4.21 Å². The number of rotatable bonds is 1. The molecule has 0 N–H and O–H groups in total. The van der Waals surface area contributed by atoms with E-state index in [9.17, 15) is 4.21 Å². The van der Waals surface area contributed by atoms with Gasteiger partial charge in [-0.15, -0.1) is 11.3 Å². The van der Waals surface area contributed by atoms with Crippen LogP contribution in [0.15, 0.2) is 28.6 Å². The van der Waals surface area contributed by atoms with Crippen LogP contribution in [0.25, 0.3) is 10.2 Å². The summed E-state index contributed by atoms with van der Waals surface area (Å²) in [4.78, 5) is 4.16. The molecule has 62 valence electrons. The molecule has 1 unspecified atom stereocenters. The summed E-state index contributed by atoms with van der Waals surface area (Å²) in [6, 6.07) is 5.76. The molecule has 4 heteroatoms. The van der Waals surface area contributed by atoms with Crippen molar-refractivity contribution in [2.24, 2.45) is 0 Å². The van der Waals surface area contributed by atoms with Gasteiger partial charge in [0.2, 0.25) is 0 Å². The summed E-state index contributed by atoms with van der Waals surface area (Å²) in [6.45, 7) is 0. The molecule has 0 amide bonds. The Labute approximate surface area is 76.7 Å². The first-order chi connectivity index (χ1) is 5.77. The van der Waals surface area contributed by atoms with E-state index in [1.807, 2.05) is 18.2 Å². The maximum atomic E-state index is 11.1. The van der Waals surface area contributed by atoms with E-state index in [4.69, 9.17) is 0 Å². The van der Waals surface area contributed by atoms with Gasteiger partial charge in [0.05, 0.1) is 25.2 Å². The molecule has 0 aliphatic rings. The second-order valence-corrected chi connectivity index (χ2v) is 5.10. The molecule has 0 bridgehead atoms. The van der Waals surface area contributed by atoms with Crippen LogP contribution in [0.4, 0.5) is 0 Å². The van der Waals surface area contributed by atoms with Crippen molar-refractivity contribution >= 4 is 32.4 Å². The van der Waals surface area contributed by atoms with Gasteiger partial charge >= 0.3 is 0 Å². The first-order valence-electron chi connectivity index (χ1n) is 3.45. The van der Waals surface area contributed by atoms with Crippen molar-refractivity contribution in [3.8, 4) is 0 Å². The van der Waals surface area contributed by atoms with Gasteiger partial charge in [-0.1, -0.05) is 0 Å². The molecule has 0 saturated heterocycles. The molecule has 0 fully saturated rings. The number of nitrogens with zero attached hydrogens (tertiary/aromatic N) is 1. The number of fused-ring (bicyclic) bond motifs is 1. The van der Waals surface area contributed by atoms with E-state index in [1.165, 1.54) is 0 Å². The molecule has 0 saturated carbocycles. The second-order valence-electron chi connectivity index (χ2n) is 2.41. The molecule has 0 spiro atoms. The zero-order chi connectivity index (χ0) is 8.55. The van der Waals surface area contributed by atoms with Crippen LogP contribution in [-0.2, 0) is 10.8 Å². The van der Waals surface area contributed by atoms with Crippen LogP contribution in [0, 0.1) is 0 Å². The molecule has 2 heterocycles. The summed E-state index contributed by atoms with van der Waals surface area (Å²) >= 11 is 1.54. The van der Waals surface area contributed by atoms with Crippen LogP contribution in [0.5, 0.6) is 0 Å². The van der Waals surface area contributed by atoms with E-state index in [0.29, 0.717) is 0 Å². The van der Waals surface area contributed by atoms with Gasteiger partial charge in [-0.2, -0.15) is 0 Å². The predicted octanol–water partition coefficient (Wildman–Crippen LogP) is 2.03. The molecule has 2 nitrogen and oxygen atoms in total. The fourth-order valence-corrected chi connectivity index (χ4v) is 2.76. The average Bonchev–Trinajstić information content (AvgIpc) is 2.46. The highest BCUT2D eigenvalue weighted by Crippen LogP contribution is 2.25. The molecule has 2 aromatic rings. The summed E-state index contributed by atoms with van der Waals surface area (Å²) in [7, 11) is -0.883. The molecule has 2 aromatic heterocycles. The highest BCUT2D eigenvalue weighted by atomic mass is 32.2. The average molecular weight is 197 g/mol. The maximum Gasteiger partial charge on any atom is 0.0936 e. The fraction of sp³-hybridized carbons (Fsp3) is 0.125. The molecule has 0 aromatic carbocycles. The summed E-state index contributed by atoms with van der Waals surface area (Å²) in [6.07, 6.45) is 3.43. The third-order valence-electron chi connectivity index (χ3n) is 1.55. The molecule has 1 atom stereocenters. The van der Waals surface area contributed by atoms with E-state index in [2.05, 4.69) is 4.98 Å². The standard InChI is InChI=1S/C8H7NOS2/c1-12(10)8-5-6-7(11-8)3-2-4-9-6/h2-5H,1H3. The smallest absolute Gasteiger partial charge is 0.0936 e. The van der Waals surface area contributed by atoms with E-state index >= 15 is 0 Å². The molecular formula is C8H7NOS2. The van der Waals surface area contributed by atoms with Crippen molar-refractivity contribution in [3.63, 3.8) is 0 Å². The van der Waals surface area contributed by atoms with Gasteiger partial charge in [0, 0.05) is 12.5 Å². The Morgan fingerprint density at radius 2 is 2.42 bits per heavy atom. The van der Waals surface area contributed by atoms with Gasteiger partial charge in [0.15, 0.2) is 0 Å². The molecule has 0 radical (unpaired) electrons. The van der Waals surface area contributed by atoms with Crippen LogP contribution in [0.2, 0.25) is 0 Å². The second kappa shape index (κ2) is 2.95. The van der Waals surface area contributed by atoms with Crippen molar-refractivity contribution in [2.45, 2.75) is 4.21 Å². The largest absolute Gasteiger partial charge is 0.255 e. The fourth-order valence-electron chi connectivity index (χ4n) is 0.989. The Morgan fingerprint density at radius 1 is 1.58 bits per heavy atom. The zero-order valence-corrected chi connectivity index (χ0v) is 8.11. The van der Waals surface area contributed by atoms with Crippen LogP contribution >= 0.6 is 11.3 Å².